The largest absolute Gasteiger partial charge is 0.493 e. The number of carbonyl (C=O) groups is 2. The number of imide groups is 1. The van der Waals surface area contributed by atoms with Crippen molar-refractivity contribution in [2.45, 2.75) is 50.7 Å². The molecule has 0 heterocycles. The molecule has 24 heavy (non-hydrogen) atoms. The highest BCUT2D eigenvalue weighted by atomic mass is 32.2. The highest BCUT2D eigenvalue weighted by molar-refractivity contribution is 7.99. The van der Waals surface area contributed by atoms with Gasteiger partial charge in [0.05, 0.1) is 11.9 Å². The molecule has 132 valence electrons. The molecule has 2 rings (SSSR count). The maximum absolute atomic E-state index is 11.8. The number of ether oxygens (including phenoxy) is 1. The van der Waals surface area contributed by atoms with Crippen molar-refractivity contribution in [2.75, 3.05) is 12.9 Å². The third kappa shape index (κ3) is 5.55. The van der Waals surface area contributed by atoms with Gasteiger partial charge in [0, 0.05) is 5.41 Å². The van der Waals surface area contributed by atoms with Crippen molar-refractivity contribution in [2.24, 2.45) is 5.41 Å². The van der Waals surface area contributed by atoms with E-state index in [2.05, 4.69) is 12.2 Å². The molecular weight excluding hydrogens is 322 g/mol. The van der Waals surface area contributed by atoms with Crippen LogP contribution >= 0.6 is 11.8 Å². The van der Waals surface area contributed by atoms with Crippen LogP contribution in [0.3, 0.4) is 0 Å². The Balaban J connectivity index is 1.87. The molecule has 1 unspecified atom stereocenters. The van der Waals surface area contributed by atoms with Gasteiger partial charge in [0.25, 0.3) is 0 Å². The van der Waals surface area contributed by atoms with Crippen molar-refractivity contribution in [3.8, 4) is 5.75 Å². The zero-order valence-corrected chi connectivity index (χ0v) is 15.4. The number of rotatable bonds is 8. The Morgan fingerprint density at radius 3 is 2.54 bits per heavy atom. The first kappa shape index (κ1) is 18.8. The summed E-state index contributed by atoms with van der Waals surface area (Å²) in [4.78, 5) is 22.2. The van der Waals surface area contributed by atoms with Crippen LogP contribution in [0.5, 0.6) is 5.75 Å². The number of benzene rings is 1. The summed E-state index contributed by atoms with van der Waals surface area (Å²) in [6.45, 7) is 3.08. The van der Waals surface area contributed by atoms with Crippen LogP contribution in [0.15, 0.2) is 24.3 Å². The monoisotopic (exact) mass is 349 g/mol. The fraction of sp³-hybridized carbons (Fsp3) is 0.579. The number of hydrogen-bond donors (Lipinski definition) is 1. The van der Waals surface area contributed by atoms with E-state index in [-0.39, 0.29) is 11.2 Å². The van der Waals surface area contributed by atoms with Crippen LogP contribution in [0.25, 0.3) is 0 Å². The number of hydrogen-bond acceptors (Lipinski definition) is 4. The molecule has 0 aliphatic heterocycles. The smallest absolute Gasteiger partial charge is 0.239 e. The zero-order valence-electron chi connectivity index (χ0n) is 14.5. The summed E-state index contributed by atoms with van der Waals surface area (Å²) in [6.07, 6.45) is 9.34. The van der Waals surface area contributed by atoms with E-state index in [0.717, 1.165) is 17.9 Å². The van der Waals surface area contributed by atoms with Crippen LogP contribution in [-0.2, 0) is 16.0 Å². The predicted octanol–water partition coefficient (Wildman–Crippen LogP) is 3.58. The quantitative estimate of drug-likeness (QED) is 0.729. The van der Waals surface area contributed by atoms with Crippen LogP contribution in [0.4, 0.5) is 0 Å². The lowest BCUT2D eigenvalue weighted by atomic mass is 9.76. The van der Waals surface area contributed by atoms with Crippen molar-refractivity contribution in [3.05, 3.63) is 29.8 Å². The third-order valence-electron chi connectivity index (χ3n) is 4.77. The van der Waals surface area contributed by atoms with E-state index in [4.69, 9.17) is 4.74 Å². The van der Waals surface area contributed by atoms with Gasteiger partial charge >= 0.3 is 0 Å². The van der Waals surface area contributed by atoms with Gasteiger partial charge in [0.2, 0.25) is 12.3 Å². The third-order valence-corrected chi connectivity index (χ3v) is 5.72. The van der Waals surface area contributed by atoms with Crippen LogP contribution < -0.4 is 10.1 Å². The topological polar surface area (TPSA) is 55.4 Å². The van der Waals surface area contributed by atoms with Gasteiger partial charge < -0.3 is 4.74 Å². The van der Waals surface area contributed by atoms with E-state index in [9.17, 15) is 9.59 Å². The lowest BCUT2D eigenvalue weighted by molar-refractivity contribution is -0.124. The maximum atomic E-state index is 11.8. The molecule has 1 fully saturated rings. The molecular formula is C19H27NO3S. The second-order valence-electron chi connectivity index (χ2n) is 6.86. The molecule has 1 aliphatic rings. The lowest BCUT2D eigenvalue weighted by Gasteiger charge is -2.33. The fourth-order valence-corrected chi connectivity index (χ4v) is 3.82. The average Bonchev–Trinajstić information content (AvgIpc) is 2.60. The highest BCUT2D eigenvalue weighted by Crippen LogP contribution is 2.36. The first-order chi connectivity index (χ1) is 11.6. The van der Waals surface area contributed by atoms with Crippen molar-refractivity contribution in [1.82, 2.24) is 5.32 Å². The standard InChI is InChI=1S/C19H27NO3S/c1-19(10-4-3-5-11-19)13-23-16-8-6-15(7-9-16)12-17(24-2)18(22)20-14-21/h6-9,14,17H,3-5,10-13H2,1-2H3,(H,20,21,22). The van der Waals surface area contributed by atoms with Gasteiger partial charge in [-0.15, -0.1) is 0 Å². The van der Waals surface area contributed by atoms with Gasteiger partial charge in [0.1, 0.15) is 5.75 Å². The minimum atomic E-state index is -0.261. The van der Waals surface area contributed by atoms with Gasteiger partial charge in [-0.1, -0.05) is 38.3 Å². The Hall–Kier alpha value is -1.49. The average molecular weight is 349 g/mol. The maximum Gasteiger partial charge on any atom is 0.239 e. The summed E-state index contributed by atoms with van der Waals surface area (Å²) < 4.78 is 5.99. The minimum Gasteiger partial charge on any atom is -0.493 e. The molecule has 1 aromatic rings. The Morgan fingerprint density at radius 1 is 1.29 bits per heavy atom. The molecule has 0 bridgehead atoms. The fourth-order valence-electron chi connectivity index (χ4n) is 3.18. The van der Waals surface area contributed by atoms with E-state index < -0.39 is 0 Å². The summed E-state index contributed by atoms with van der Waals surface area (Å²) in [5.41, 5.74) is 1.36. The van der Waals surface area contributed by atoms with Gasteiger partial charge in [-0.25, -0.2) is 0 Å². The molecule has 1 aliphatic carbocycles. The van der Waals surface area contributed by atoms with Gasteiger partial charge in [-0.3, -0.25) is 14.9 Å². The Bertz CT molecular complexity index is 538. The summed E-state index contributed by atoms with van der Waals surface area (Å²) in [6, 6.07) is 7.93. The SMILES string of the molecule is CSC(Cc1ccc(OCC2(C)CCCCC2)cc1)C(=O)NC=O. The number of amides is 2. The van der Waals surface area contributed by atoms with Crippen LogP contribution in [0.2, 0.25) is 0 Å². The Labute approximate surface area is 148 Å². The van der Waals surface area contributed by atoms with Crippen molar-refractivity contribution in [3.63, 3.8) is 0 Å². The predicted molar refractivity (Wildman–Crippen MR) is 98.3 cm³/mol. The minimum absolute atomic E-state index is 0.247. The second kappa shape index (κ2) is 9.11. The molecule has 5 heteroatoms. The van der Waals surface area contributed by atoms with Gasteiger partial charge in [-0.2, -0.15) is 11.8 Å². The molecule has 1 saturated carbocycles. The molecule has 0 saturated heterocycles. The van der Waals surface area contributed by atoms with E-state index in [1.807, 2.05) is 30.5 Å². The first-order valence-corrected chi connectivity index (χ1v) is 9.84. The summed E-state index contributed by atoms with van der Waals surface area (Å²) >= 11 is 1.44. The zero-order chi connectivity index (χ0) is 17.4. The molecule has 1 N–H and O–H groups in total. The van der Waals surface area contributed by atoms with Crippen molar-refractivity contribution < 1.29 is 14.3 Å². The lowest BCUT2D eigenvalue weighted by Crippen LogP contribution is -2.32. The molecule has 0 radical (unpaired) electrons. The molecule has 0 spiro atoms. The van der Waals surface area contributed by atoms with Crippen molar-refractivity contribution in [1.29, 1.82) is 0 Å². The van der Waals surface area contributed by atoms with Crippen LogP contribution in [-0.4, -0.2) is 30.4 Å². The first-order valence-electron chi connectivity index (χ1n) is 8.55. The number of thioether (sulfide) groups is 1. The van der Waals surface area contributed by atoms with Gasteiger partial charge in [0.15, 0.2) is 0 Å². The Morgan fingerprint density at radius 2 is 1.96 bits per heavy atom. The van der Waals surface area contributed by atoms with Crippen LogP contribution in [0, 0.1) is 5.41 Å². The second-order valence-corrected chi connectivity index (χ2v) is 7.90. The number of carbonyl (C=O) groups excluding carboxylic acids is 2. The molecule has 0 aromatic heterocycles. The normalized spacial score (nSPS) is 17.8. The summed E-state index contributed by atoms with van der Waals surface area (Å²) in [7, 11) is 0. The molecule has 1 atom stereocenters. The highest BCUT2D eigenvalue weighted by Gasteiger charge is 2.27. The van der Waals surface area contributed by atoms with Crippen molar-refractivity contribution >= 4 is 24.1 Å². The molecule has 4 nitrogen and oxygen atoms in total. The Kier molecular flexibility index (Phi) is 7.16. The number of nitrogens with one attached hydrogen (secondary N) is 1. The van der Waals surface area contributed by atoms with E-state index in [1.165, 1.54) is 43.9 Å². The summed E-state index contributed by atoms with van der Waals surface area (Å²) in [5, 5.41) is 1.96. The van der Waals surface area contributed by atoms with Crippen LogP contribution in [0.1, 0.15) is 44.6 Å². The molecule has 1 aromatic carbocycles. The van der Waals surface area contributed by atoms with E-state index in [0.29, 0.717) is 18.2 Å². The van der Waals surface area contributed by atoms with Gasteiger partial charge in [-0.05, 0) is 43.2 Å². The van der Waals surface area contributed by atoms with E-state index in [1.54, 1.807) is 0 Å². The van der Waals surface area contributed by atoms with E-state index >= 15 is 0 Å². The summed E-state index contributed by atoms with van der Waals surface area (Å²) in [5.74, 6) is 0.631. The molecule has 2 amide bonds.